The molecule has 0 bridgehead atoms. The fraction of sp³-hybridized carbons (Fsp3) is 0.333. The molecule has 3 aromatic carbocycles. The molecule has 0 fully saturated rings. The van der Waals surface area contributed by atoms with E-state index in [9.17, 15) is 9.59 Å². The number of hydrogen-bond donors (Lipinski definition) is 1. The van der Waals surface area contributed by atoms with Gasteiger partial charge in [0.25, 0.3) is 5.91 Å². The Morgan fingerprint density at radius 2 is 1.65 bits per heavy atom. The van der Waals surface area contributed by atoms with Gasteiger partial charge in [-0.15, -0.1) is 0 Å². The molecule has 0 heterocycles. The molecule has 0 radical (unpaired) electrons. The van der Waals surface area contributed by atoms with Crippen LogP contribution in [0, 0.1) is 19.8 Å². The van der Waals surface area contributed by atoms with Crippen molar-refractivity contribution in [3.8, 4) is 5.75 Å². The Hall–Kier alpha value is -3.02. The van der Waals surface area contributed by atoms with E-state index in [1.165, 1.54) is 0 Å². The Labute approximate surface area is 229 Å². The van der Waals surface area contributed by atoms with Gasteiger partial charge in [-0.25, -0.2) is 0 Å². The molecule has 7 heteroatoms. The van der Waals surface area contributed by atoms with Crippen LogP contribution in [-0.2, 0) is 22.6 Å². The molecule has 1 N–H and O–H groups in total. The number of amides is 2. The Morgan fingerprint density at radius 1 is 0.919 bits per heavy atom. The topological polar surface area (TPSA) is 58.6 Å². The number of aryl methyl sites for hydroxylation is 2. The summed E-state index contributed by atoms with van der Waals surface area (Å²) in [5.41, 5.74) is 3.78. The van der Waals surface area contributed by atoms with Crippen molar-refractivity contribution in [1.82, 2.24) is 10.2 Å². The predicted octanol–water partition coefficient (Wildman–Crippen LogP) is 6.40. The highest BCUT2D eigenvalue weighted by molar-refractivity contribution is 6.42. The average molecular weight is 542 g/mol. The van der Waals surface area contributed by atoms with Crippen LogP contribution in [0.4, 0.5) is 0 Å². The first kappa shape index (κ1) is 28.5. The monoisotopic (exact) mass is 540 g/mol. The van der Waals surface area contributed by atoms with Gasteiger partial charge >= 0.3 is 0 Å². The summed E-state index contributed by atoms with van der Waals surface area (Å²) in [5.74, 6) is 0.398. The summed E-state index contributed by atoms with van der Waals surface area (Å²) in [4.78, 5) is 28.7. The maximum atomic E-state index is 13.7. The van der Waals surface area contributed by atoms with Crippen LogP contribution < -0.4 is 10.1 Å². The van der Waals surface area contributed by atoms with Crippen LogP contribution in [0.3, 0.4) is 0 Å². The molecule has 3 aromatic rings. The molecular weight excluding hydrogens is 507 g/mol. The summed E-state index contributed by atoms with van der Waals surface area (Å²) in [6, 6.07) is 20.0. The number of carbonyl (C=O) groups is 2. The van der Waals surface area contributed by atoms with Crippen molar-refractivity contribution < 1.29 is 14.3 Å². The lowest BCUT2D eigenvalue weighted by molar-refractivity contribution is -0.142. The molecule has 196 valence electrons. The standard InChI is InChI=1S/C30H34Cl2N2O3/c1-20(2)17-33-30(36)27(16-23-8-6-5-7-9-23)34(18-24-11-12-25(31)26(32)15-24)29(35)19-37-28-13-10-21(3)14-22(28)4/h5-15,20,27H,16-19H2,1-4H3,(H,33,36)/t27-/m0/s1. The number of halogens is 2. The lowest BCUT2D eigenvalue weighted by Crippen LogP contribution is -2.52. The van der Waals surface area contributed by atoms with Crippen LogP contribution in [0.15, 0.2) is 66.7 Å². The molecule has 3 rings (SSSR count). The zero-order valence-electron chi connectivity index (χ0n) is 21.8. The van der Waals surface area contributed by atoms with Crippen LogP contribution in [0.5, 0.6) is 5.75 Å². The third-order valence-electron chi connectivity index (χ3n) is 5.97. The van der Waals surface area contributed by atoms with Crippen molar-refractivity contribution in [2.24, 2.45) is 5.92 Å². The molecule has 0 aromatic heterocycles. The van der Waals surface area contributed by atoms with E-state index in [0.717, 1.165) is 22.3 Å². The number of nitrogens with one attached hydrogen (secondary N) is 1. The minimum Gasteiger partial charge on any atom is -0.483 e. The van der Waals surface area contributed by atoms with Crippen molar-refractivity contribution in [2.45, 2.75) is 46.7 Å². The Morgan fingerprint density at radius 3 is 2.30 bits per heavy atom. The van der Waals surface area contributed by atoms with Crippen LogP contribution in [0.25, 0.3) is 0 Å². The van der Waals surface area contributed by atoms with E-state index >= 15 is 0 Å². The van der Waals surface area contributed by atoms with Crippen molar-refractivity contribution in [1.29, 1.82) is 0 Å². The van der Waals surface area contributed by atoms with E-state index in [-0.39, 0.29) is 30.9 Å². The predicted molar refractivity (Wildman–Crippen MR) is 150 cm³/mol. The van der Waals surface area contributed by atoms with Gasteiger partial charge in [0, 0.05) is 19.5 Å². The third kappa shape index (κ3) is 8.51. The first-order valence-corrected chi connectivity index (χ1v) is 13.1. The quantitative estimate of drug-likeness (QED) is 0.306. The van der Waals surface area contributed by atoms with Crippen molar-refractivity contribution in [3.63, 3.8) is 0 Å². The lowest BCUT2D eigenvalue weighted by atomic mass is 10.0. The molecular formula is C30H34Cl2N2O3. The zero-order valence-corrected chi connectivity index (χ0v) is 23.3. The highest BCUT2D eigenvalue weighted by Crippen LogP contribution is 2.25. The third-order valence-corrected chi connectivity index (χ3v) is 6.71. The number of hydrogen-bond acceptors (Lipinski definition) is 3. The largest absolute Gasteiger partial charge is 0.483 e. The summed E-state index contributed by atoms with van der Waals surface area (Å²) in [6.07, 6.45) is 0.362. The first-order valence-electron chi connectivity index (χ1n) is 12.4. The van der Waals surface area contributed by atoms with Crippen molar-refractivity contribution in [3.05, 3.63) is 99.0 Å². The van der Waals surface area contributed by atoms with Crippen LogP contribution in [0.2, 0.25) is 10.0 Å². The summed E-state index contributed by atoms with van der Waals surface area (Å²) in [6.45, 7) is 8.50. The van der Waals surface area contributed by atoms with Gasteiger partial charge in [-0.2, -0.15) is 0 Å². The second-order valence-electron chi connectivity index (χ2n) is 9.67. The second kappa shape index (κ2) is 13.5. The van der Waals surface area contributed by atoms with E-state index in [1.54, 1.807) is 17.0 Å². The Balaban J connectivity index is 1.93. The average Bonchev–Trinajstić information content (AvgIpc) is 2.86. The molecule has 0 saturated heterocycles. The minimum absolute atomic E-state index is 0.179. The van der Waals surface area contributed by atoms with Gasteiger partial charge in [0.15, 0.2) is 6.61 Å². The lowest BCUT2D eigenvalue weighted by Gasteiger charge is -2.32. The second-order valence-corrected chi connectivity index (χ2v) is 10.5. The van der Waals surface area contributed by atoms with Crippen molar-refractivity contribution >= 4 is 35.0 Å². The summed E-state index contributed by atoms with van der Waals surface area (Å²) >= 11 is 12.4. The molecule has 2 amide bonds. The smallest absolute Gasteiger partial charge is 0.261 e. The zero-order chi connectivity index (χ0) is 26.9. The SMILES string of the molecule is Cc1ccc(OCC(=O)N(Cc2ccc(Cl)c(Cl)c2)[C@@H](Cc2ccccc2)C(=O)NCC(C)C)c(C)c1. The fourth-order valence-electron chi connectivity index (χ4n) is 3.99. The molecule has 1 atom stereocenters. The number of ether oxygens (including phenoxy) is 1. The summed E-state index contributed by atoms with van der Waals surface area (Å²) in [7, 11) is 0. The molecule has 0 unspecified atom stereocenters. The van der Waals surface area contributed by atoms with Gasteiger partial charge < -0.3 is 15.0 Å². The van der Waals surface area contributed by atoms with E-state index < -0.39 is 6.04 Å². The van der Waals surface area contributed by atoms with Crippen molar-refractivity contribution in [2.75, 3.05) is 13.2 Å². The maximum Gasteiger partial charge on any atom is 0.261 e. The van der Waals surface area contributed by atoms with E-state index in [2.05, 4.69) is 5.32 Å². The van der Waals surface area contributed by atoms with E-state index in [4.69, 9.17) is 27.9 Å². The Kier molecular flexibility index (Phi) is 10.4. The van der Waals surface area contributed by atoms with Gasteiger partial charge in [0.1, 0.15) is 11.8 Å². The number of rotatable bonds is 11. The van der Waals surface area contributed by atoms with Gasteiger partial charge in [-0.05, 0) is 54.7 Å². The Bertz CT molecular complexity index is 1210. The van der Waals surface area contributed by atoms with Gasteiger partial charge in [-0.3, -0.25) is 9.59 Å². The van der Waals surface area contributed by atoms with Crippen LogP contribution in [0.1, 0.15) is 36.1 Å². The van der Waals surface area contributed by atoms with Gasteiger partial charge in [0.05, 0.1) is 10.0 Å². The number of benzene rings is 3. The number of carbonyl (C=O) groups excluding carboxylic acids is 2. The minimum atomic E-state index is -0.745. The normalized spacial score (nSPS) is 11.8. The molecule has 5 nitrogen and oxygen atoms in total. The highest BCUT2D eigenvalue weighted by Gasteiger charge is 2.31. The molecule has 0 spiro atoms. The van der Waals surface area contributed by atoms with Gasteiger partial charge in [0.2, 0.25) is 5.91 Å². The molecule has 0 aliphatic heterocycles. The highest BCUT2D eigenvalue weighted by atomic mass is 35.5. The molecule has 37 heavy (non-hydrogen) atoms. The fourth-order valence-corrected chi connectivity index (χ4v) is 4.32. The maximum absolute atomic E-state index is 13.7. The first-order chi connectivity index (χ1) is 17.6. The summed E-state index contributed by atoms with van der Waals surface area (Å²) in [5, 5.41) is 3.83. The van der Waals surface area contributed by atoms with Crippen LogP contribution >= 0.6 is 23.2 Å². The van der Waals surface area contributed by atoms with E-state index in [0.29, 0.717) is 28.8 Å². The number of nitrogens with zero attached hydrogens (tertiary/aromatic N) is 1. The molecule has 0 saturated carbocycles. The summed E-state index contributed by atoms with van der Waals surface area (Å²) < 4.78 is 5.92. The molecule has 0 aliphatic rings. The van der Waals surface area contributed by atoms with Gasteiger partial charge in [-0.1, -0.05) is 91.1 Å². The molecule has 0 aliphatic carbocycles. The van der Waals surface area contributed by atoms with E-state index in [1.807, 2.05) is 82.3 Å². The van der Waals surface area contributed by atoms with Crippen LogP contribution in [-0.4, -0.2) is 35.9 Å².